The molecule has 1 fully saturated rings. The van der Waals surface area contributed by atoms with Crippen LogP contribution < -0.4 is 10.1 Å². The summed E-state index contributed by atoms with van der Waals surface area (Å²) in [5, 5.41) is 2.85. The van der Waals surface area contributed by atoms with Crippen molar-refractivity contribution in [3.8, 4) is 5.75 Å². The second kappa shape index (κ2) is 5.17. The first-order valence-corrected chi connectivity index (χ1v) is 5.81. The average molecular weight is 237 g/mol. The fourth-order valence-electron chi connectivity index (χ4n) is 1.69. The number of rotatable bonds is 5. The molecule has 0 aromatic heterocycles. The van der Waals surface area contributed by atoms with Gasteiger partial charge >= 0.3 is 0 Å². The molecule has 0 aliphatic heterocycles. The number of benzene rings is 1. The lowest BCUT2D eigenvalue weighted by Crippen LogP contribution is -2.26. The molecule has 4 heteroatoms. The lowest BCUT2D eigenvalue weighted by atomic mass is 10.1. The molecular weight excluding hydrogens is 221 g/mol. The van der Waals surface area contributed by atoms with Gasteiger partial charge in [0.15, 0.2) is 11.6 Å². The van der Waals surface area contributed by atoms with Crippen molar-refractivity contribution < 1.29 is 13.9 Å². The zero-order valence-corrected chi connectivity index (χ0v) is 9.83. The summed E-state index contributed by atoms with van der Waals surface area (Å²) in [6.07, 6.45) is 2.64. The zero-order chi connectivity index (χ0) is 12.3. The number of amides is 1. The molecule has 1 aromatic carbocycles. The van der Waals surface area contributed by atoms with Gasteiger partial charge in [-0.15, -0.1) is 0 Å². The first-order chi connectivity index (χ1) is 8.20. The number of hydrogen-bond donors (Lipinski definition) is 1. The minimum absolute atomic E-state index is 0.124. The van der Waals surface area contributed by atoms with Crippen molar-refractivity contribution in [2.24, 2.45) is 5.92 Å². The van der Waals surface area contributed by atoms with E-state index in [1.54, 1.807) is 6.07 Å². The molecule has 1 aliphatic rings. The highest BCUT2D eigenvalue weighted by atomic mass is 19.1. The van der Waals surface area contributed by atoms with E-state index in [4.69, 9.17) is 4.74 Å². The van der Waals surface area contributed by atoms with E-state index < -0.39 is 0 Å². The Labute approximate surface area is 100.0 Å². The average Bonchev–Trinajstić information content (AvgIpc) is 3.13. The Hall–Kier alpha value is -1.58. The molecule has 2 rings (SSSR count). The SMILES string of the molecule is COc1ccc(CCNC(=O)C2CC2)cc1F. The molecular formula is C13H16FNO2. The molecule has 92 valence electrons. The van der Waals surface area contributed by atoms with Gasteiger partial charge in [-0.1, -0.05) is 6.07 Å². The van der Waals surface area contributed by atoms with Gasteiger partial charge < -0.3 is 10.1 Å². The molecule has 1 N–H and O–H groups in total. The molecule has 0 bridgehead atoms. The smallest absolute Gasteiger partial charge is 0.223 e. The lowest BCUT2D eigenvalue weighted by molar-refractivity contribution is -0.122. The number of nitrogens with one attached hydrogen (secondary N) is 1. The van der Waals surface area contributed by atoms with Crippen LogP contribution in [0.15, 0.2) is 18.2 Å². The van der Waals surface area contributed by atoms with Crippen molar-refractivity contribution in [1.82, 2.24) is 5.32 Å². The lowest BCUT2D eigenvalue weighted by Gasteiger charge is -2.06. The van der Waals surface area contributed by atoms with Crippen molar-refractivity contribution in [3.05, 3.63) is 29.6 Å². The first kappa shape index (κ1) is 11.9. The molecule has 0 heterocycles. The van der Waals surface area contributed by atoms with Crippen molar-refractivity contribution in [3.63, 3.8) is 0 Å². The number of ether oxygens (including phenoxy) is 1. The second-order valence-corrected chi connectivity index (χ2v) is 4.28. The Morgan fingerprint density at radius 3 is 2.88 bits per heavy atom. The molecule has 1 saturated carbocycles. The zero-order valence-electron chi connectivity index (χ0n) is 9.83. The maximum absolute atomic E-state index is 13.4. The van der Waals surface area contributed by atoms with Crippen LogP contribution in [-0.2, 0) is 11.2 Å². The van der Waals surface area contributed by atoms with Crippen LogP contribution in [0, 0.1) is 11.7 Å². The van der Waals surface area contributed by atoms with Crippen molar-refractivity contribution in [1.29, 1.82) is 0 Å². The molecule has 1 aromatic rings. The summed E-state index contributed by atoms with van der Waals surface area (Å²) in [6.45, 7) is 0.557. The van der Waals surface area contributed by atoms with E-state index in [9.17, 15) is 9.18 Å². The molecule has 1 amide bonds. The molecule has 3 nitrogen and oxygen atoms in total. The van der Waals surface area contributed by atoms with Crippen LogP contribution in [0.5, 0.6) is 5.75 Å². The molecule has 0 spiro atoms. The Morgan fingerprint density at radius 2 is 2.29 bits per heavy atom. The molecule has 0 saturated heterocycles. The monoisotopic (exact) mass is 237 g/mol. The number of carbonyl (C=O) groups is 1. The normalized spacial score (nSPS) is 14.5. The summed E-state index contributed by atoms with van der Waals surface area (Å²) in [5.41, 5.74) is 0.861. The Bertz CT molecular complexity index is 416. The highest BCUT2D eigenvalue weighted by Gasteiger charge is 2.28. The van der Waals surface area contributed by atoms with Gasteiger partial charge in [-0.25, -0.2) is 4.39 Å². The number of methoxy groups -OCH3 is 1. The van der Waals surface area contributed by atoms with Gasteiger partial charge in [-0.3, -0.25) is 4.79 Å². The molecule has 0 radical (unpaired) electrons. The van der Waals surface area contributed by atoms with Gasteiger partial charge in [0.25, 0.3) is 0 Å². The van der Waals surface area contributed by atoms with Crippen LogP contribution in [0.3, 0.4) is 0 Å². The highest BCUT2D eigenvalue weighted by Crippen LogP contribution is 2.28. The van der Waals surface area contributed by atoms with Crippen LogP contribution in [0.2, 0.25) is 0 Å². The third-order valence-electron chi connectivity index (χ3n) is 2.88. The van der Waals surface area contributed by atoms with E-state index in [-0.39, 0.29) is 23.4 Å². The number of carbonyl (C=O) groups excluding carboxylic acids is 1. The van der Waals surface area contributed by atoms with E-state index in [1.165, 1.54) is 13.2 Å². The quantitative estimate of drug-likeness (QED) is 0.849. The highest BCUT2D eigenvalue weighted by molar-refractivity contribution is 5.80. The first-order valence-electron chi connectivity index (χ1n) is 5.81. The van der Waals surface area contributed by atoms with Gasteiger partial charge in [-0.05, 0) is 37.0 Å². The van der Waals surface area contributed by atoms with Crippen molar-refractivity contribution in [2.75, 3.05) is 13.7 Å². The van der Waals surface area contributed by atoms with Gasteiger partial charge in [-0.2, -0.15) is 0 Å². The van der Waals surface area contributed by atoms with E-state index >= 15 is 0 Å². The third kappa shape index (κ3) is 3.19. The van der Waals surface area contributed by atoms with Crippen LogP contribution in [-0.4, -0.2) is 19.6 Å². The number of halogens is 1. The largest absolute Gasteiger partial charge is 0.494 e. The standard InChI is InChI=1S/C13H16FNO2/c1-17-12-5-2-9(8-11(12)14)6-7-15-13(16)10-3-4-10/h2,5,8,10H,3-4,6-7H2,1H3,(H,15,16). The van der Waals surface area contributed by atoms with Gasteiger partial charge in [0.2, 0.25) is 5.91 Å². The van der Waals surface area contributed by atoms with E-state index in [1.807, 2.05) is 6.07 Å². The maximum atomic E-state index is 13.4. The topological polar surface area (TPSA) is 38.3 Å². The Kier molecular flexibility index (Phi) is 3.61. The fourth-order valence-corrected chi connectivity index (χ4v) is 1.69. The maximum Gasteiger partial charge on any atom is 0.223 e. The van der Waals surface area contributed by atoms with Crippen LogP contribution in [0.25, 0.3) is 0 Å². The summed E-state index contributed by atoms with van der Waals surface area (Å²) in [5.74, 6) is 0.232. The predicted octanol–water partition coefficient (Wildman–Crippen LogP) is 1.90. The van der Waals surface area contributed by atoms with Gasteiger partial charge in [0.05, 0.1) is 7.11 Å². The molecule has 0 unspecified atom stereocenters. The molecule has 17 heavy (non-hydrogen) atoms. The van der Waals surface area contributed by atoms with Crippen LogP contribution in [0.4, 0.5) is 4.39 Å². The van der Waals surface area contributed by atoms with Gasteiger partial charge in [0, 0.05) is 12.5 Å². The van der Waals surface area contributed by atoms with E-state index in [0.717, 1.165) is 18.4 Å². The second-order valence-electron chi connectivity index (χ2n) is 4.28. The summed E-state index contributed by atoms with van der Waals surface area (Å²) >= 11 is 0. The van der Waals surface area contributed by atoms with Crippen molar-refractivity contribution in [2.45, 2.75) is 19.3 Å². The van der Waals surface area contributed by atoms with E-state index in [0.29, 0.717) is 13.0 Å². The van der Waals surface area contributed by atoms with Gasteiger partial charge in [0.1, 0.15) is 0 Å². The van der Waals surface area contributed by atoms with E-state index in [2.05, 4.69) is 5.32 Å². The summed E-state index contributed by atoms with van der Waals surface area (Å²) in [6, 6.07) is 4.86. The Balaban J connectivity index is 1.82. The summed E-state index contributed by atoms with van der Waals surface area (Å²) in [4.78, 5) is 11.4. The van der Waals surface area contributed by atoms with Crippen LogP contribution in [0.1, 0.15) is 18.4 Å². The van der Waals surface area contributed by atoms with Crippen molar-refractivity contribution >= 4 is 5.91 Å². The number of hydrogen-bond acceptors (Lipinski definition) is 2. The fraction of sp³-hybridized carbons (Fsp3) is 0.462. The van der Waals surface area contributed by atoms with Crippen LogP contribution >= 0.6 is 0 Å². The minimum Gasteiger partial charge on any atom is -0.494 e. The molecule has 0 atom stereocenters. The molecule has 1 aliphatic carbocycles. The predicted molar refractivity (Wildman–Crippen MR) is 62.4 cm³/mol. The summed E-state index contributed by atoms with van der Waals surface area (Å²) < 4.78 is 18.2. The summed E-state index contributed by atoms with van der Waals surface area (Å²) in [7, 11) is 1.44. The Morgan fingerprint density at radius 1 is 1.53 bits per heavy atom. The third-order valence-corrected chi connectivity index (χ3v) is 2.88. The minimum atomic E-state index is -0.362.